The van der Waals surface area contributed by atoms with E-state index >= 15 is 0 Å². The van der Waals surface area contributed by atoms with Crippen LogP contribution in [0.1, 0.15) is 24.8 Å². The minimum absolute atomic E-state index is 0.494. The molecular formula is C21H27N3O2S2. The van der Waals surface area contributed by atoms with Crippen LogP contribution in [0.15, 0.2) is 56.8 Å². The van der Waals surface area contributed by atoms with Crippen molar-refractivity contribution < 1.29 is 9.84 Å². The number of hydrogen-bond acceptors (Lipinski definition) is 6. The quantitative estimate of drug-likeness (QED) is 0.716. The lowest BCUT2D eigenvalue weighted by atomic mass is 10.1. The van der Waals surface area contributed by atoms with Crippen molar-refractivity contribution in [2.45, 2.75) is 41.4 Å². The number of methoxy groups -OCH3 is 1. The highest BCUT2D eigenvalue weighted by molar-refractivity contribution is 8.49. The van der Waals surface area contributed by atoms with Gasteiger partial charge in [0, 0.05) is 23.0 Å². The average molecular weight is 418 g/mol. The fourth-order valence-corrected chi connectivity index (χ4v) is 9.55. The normalized spacial score (nSPS) is 25.9. The molecule has 1 aromatic carbocycles. The van der Waals surface area contributed by atoms with E-state index in [9.17, 15) is 5.11 Å². The number of benzene rings is 1. The highest BCUT2D eigenvalue weighted by Gasteiger charge is 2.44. The number of ether oxygens (including phenoxy) is 1. The number of aromatic nitrogens is 1. The monoisotopic (exact) mass is 417 g/mol. The lowest BCUT2D eigenvalue weighted by Crippen LogP contribution is -2.38. The van der Waals surface area contributed by atoms with Crippen molar-refractivity contribution in [3.8, 4) is 5.75 Å². The number of rotatable bonds is 7. The lowest BCUT2D eigenvalue weighted by Gasteiger charge is -2.44. The third kappa shape index (κ3) is 3.76. The Morgan fingerprint density at radius 1 is 1.29 bits per heavy atom. The van der Waals surface area contributed by atoms with E-state index in [0.717, 1.165) is 47.5 Å². The summed E-state index contributed by atoms with van der Waals surface area (Å²) in [7, 11) is 0.186. The predicted molar refractivity (Wildman–Crippen MR) is 118 cm³/mol. The van der Waals surface area contributed by atoms with E-state index in [1.807, 2.05) is 29.9 Å². The molecule has 28 heavy (non-hydrogen) atoms. The van der Waals surface area contributed by atoms with Gasteiger partial charge in [0.05, 0.1) is 12.2 Å². The van der Waals surface area contributed by atoms with Gasteiger partial charge < -0.3 is 15.2 Å². The molecule has 0 amide bonds. The second kappa shape index (κ2) is 8.78. The number of aryl methyl sites for hydroxylation is 1. The number of nitrogens with zero attached hydrogens (tertiary/aromatic N) is 2. The molecule has 5 nitrogen and oxygen atoms in total. The summed E-state index contributed by atoms with van der Waals surface area (Å²) in [4.78, 5) is 9.40. The van der Waals surface area contributed by atoms with Gasteiger partial charge in [0.15, 0.2) is 0 Å². The Balaban J connectivity index is 1.54. The Morgan fingerprint density at radius 3 is 2.75 bits per heavy atom. The summed E-state index contributed by atoms with van der Waals surface area (Å²) < 4.78 is 6.36. The molecule has 1 aromatic heterocycles. The molecule has 0 saturated carbocycles. The SMILES string of the molecule is COc1ccc(CCC(O)C2=NC=CS2(c2nccs2)C2CCNCC2)cc1. The van der Waals surface area contributed by atoms with Gasteiger partial charge in [-0.1, -0.05) is 12.1 Å². The molecule has 2 unspecified atom stereocenters. The first-order chi connectivity index (χ1) is 13.7. The fraction of sp³-hybridized carbons (Fsp3) is 0.429. The minimum Gasteiger partial charge on any atom is -0.497 e. The van der Waals surface area contributed by atoms with Crippen LogP contribution >= 0.6 is 21.4 Å². The molecule has 4 rings (SSSR count). The molecule has 0 aliphatic carbocycles. The molecule has 2 aliphatic heterocycles. The second-order valence-corrected chi connectivity index (χ2v) is 11.4. The van der Waals surface area contributed by atoms with Crippen LogP contribution in [0.2, 0.25) is 0 Å². The predicted octanol–water partition coefficient (Wildman–Crippen LogP) is 3.94. The maximum Gasteiger partial charge on any atom is 0.141 e. The standard InChI is InChI=1S/C21H27N3O2S2/c1-26-17-5-2-16(3-6-17)4-7-19(25)20-23-13-15-28(20,21-24-12-14-27-21)18-8-10-22-11-9-18/h2-3,5-6,12-15,18-19,22,25H,4,7-11H2,1H3. The van der Waals surface area contributed by atoms with Crippen LogP contribution < -0.4 is 10.1 Å². The number of aliphatic hydroxyl groups is 1. The molecule has 7 heteroatoms. The summed E-state index contributed by atoms with van der Waals surface area (Å²) in [6.45, 7) is 2.04. The largest absolute Gasteiger partial charge is 0.497 e. The van der Waals surface area contributed by atoms with Crippen molar-refractivity contribution in [2.24, 2.45) is 4.99 Å². The van der Waals surface area contributed by atoms with Crippen LogP contribution in [0.25, 0.3) is 0 Å². The van der Waals surface area contributed by atoms with Gasteiger partial charge >= 0.3 is 0 Å². The zero-order valence-corrected chi connectivity index (χ0v) is 17.7. The third-order valence-corrected chi connectivity index (χ3v) is 11.0. The fourth-order valence-electron chi connectivity index (χ4n) is 4.00. The van der Waals surface area contributed by atoms with Crippen molar-refractivity contribution in [3.63, 3.8) is 0 Å². The van der Waals surface area contributed by atoms with Gasteiger partial charge in [-0.25, -0.2) is 4.98 Å². The summed E-state index contributed by atoms with van der Waals surface area (Å²) >= 11 is 1.70. The number of aliphatic hydroxyl groups excluding tert-OH is 1. The molecule has 150 valence electrons. The third-order valence-electron chi connectivity index (χ3n) is 5.48. The zero-order chi connectivity index (χ0) is 19.4. The van der Waals surface area contributed by atoms with Gasteiger partial charge in [-0.05, 0) is 61.9 Å². The average Bonchev–Trinajstić information content (AvgIpc) is 3.43. The molecule has 0 spiro atoms. The molecule has 0 bridgehead atoms. The zero-order valence-electron chi connectivity index (χ0n) is 16.1. The smallest absolute Gasteiger partial charge is 0.141 e. The first kappa shape index (κ1) is 19.6. The van der Waals surface area contributed by atoms with Crippen molar-refractivity contribution in [1.82, 2.24) is 10.3 Å². The van der Waals surface area contributed by atoms with E-state index in [4.69, 9.17) is 14.7 Å². The maximum absolute atomic E-state index is 11.2. The Labute approximate surface area is 171 Å². The maximum atomic E-state index is 11.2. The van der Waals surface area contributed by atoms with Crippen LogP contribution in [0, 0.1) is 0 Å². The lowest BCUT2D eigenvalue weighted by molar-refractivity contribution is 0.234. The van der Waals surface area contributed by atoms with Gasteiger partial charge in [-0.15, -0.1) is 21.4 Å². The first-order valence-electron chi connectivity index (χ1n) is 9.72. The van der Waals surface area contributed by atoms with Crippen molar-refractivity contribution >= 4 is 26.4 Å². The van der Waals surface area contributed by atoms with E-state index in [2.05, 4.69) is 22.9 Å². The molecule has 0 radical (unpaired) electrons. The van der Waals surface area contributed by atoms with Crippen molar-refractivity contribution in [1.29, 1.82) is 0 Å². The van der Waals surface area contributed by atoms with Crippen LogP contribution in [0.4, 0.5) is 0 Å². The summed E-state index contributed by atoms with van der Waals surface area (Å²) in [5.41, 5.74) is 1.20. The first-order valence-corrected chi connectivity index (χ1v) is 12.4. The van der Waals surface area contributed by atoms with E-state index < -0.39 is 16.1 Å². The number of piperidine rings is 1. The number of hydrogen-bond donors (Lipinski definition) is 2. The number of nitrogens with one attached hydrogen (secondary N) is 1. The summed E-state index contributed by atoms with van der Waals surface area (Å²) in [6, 6.07) is 8.06. The van der Waals surface area contributed by atoms with Crippen LogP contribution in [-0.2, 0) is 6.42 Å². The van der Waals surface area contributed by atoms with Crippen LogP contribution in [0.3, 0.4) is 0 Å². The Morgan fingerprint density at radius 2 is 2.07 bits per heavy atom. The van der Waals surface area contributed by atoms with Gasteiger partial charge in [-0.2, -0.15) is 0 Å². The molecule has 1 fully saturated rings. The van der Waals surface area contributed by atoms with Crippen LogP contribution in [-0.4, -0.2) is 46.7 Å². The topological polar surface area (TPSA) is 66.7 Å². The highest BCUT2D eigenvalue weighted by Crippen LogP contribution is 2.67. The van der Waals surface area contributed by atoms with Gasteiger partial charge in [0.2, 0.25) is 0 Å². The molecule has 1 saturated heterocycles. The molecule has 2 aromatic rings. The molecule has 2 aliphatic rings. The van der Waals surface area contributed by atoms with Crippen molar-refractivity contribution in [3.05, 3.63) is 53.0 Å². The van der Waals surface area contributed by atoms with Gasteiger partial charge in [0.25, 0.3) is 0 Å². The summed E-state index contributed by atoms with van der Waals surface area (Å²) in [5.74, 6) is 0.854. The van der Waals surface area contributed by atoms with E-state index in [1.165, 1.54) is 5.56 Å². The second-order valence-electron chi connectivity index (χ2n) is 7.11. The highest BCUT2D eigenvalue weighted by atomic mass is 32.3. The minimum atomic E-state index is -1.49. The molecular weight excluding hydrogens is 390 g/mol. The molecule has 2 atom stereocenters. The van der Waals surface area contributed by atoms with E-state index in [0.29, 0.717) is 11.7 Å². The number of thiazole rings is 1. The Bertz CT molecular complexity index is 830. The Kier molecular flexibility index (Phi) is 6.16. The van der Waals surface area contributed by atoms with E-state index in [1.54, 1.807) is 18.4 Å². The van der Waals surface area contributed by atoms with Crippen molar-refractivity contribution in [2.75, 3.05) is 20.2 Å². The van der Waals surface area contributed by atoms with Gasteiger partial charge in [0.1, 0.15) is 16.2 Å². The molecule has 2 N–H and O–H groups in total. The molecule has 3 heterocycles. The number of aliphatic imine (C=N–C) groups is 1. The van der Waals surface area contributed by atoms with Crippen LogP contribution in [0.5, 0.6) is 5.75 Å². The summed E-state index contributed by atoms with van der Waals surface area (Å²) in [6.07, 6.45) is 6.91. The summed E-state index contributed by atoms with van der Waals surface area (Å²) in [5, 5.41) is 20.4. The van der Waals surface area contributed by atoms with Gasteiger partial charge in [-0.3, -0.25) is 4.99 Å². The van der Waals surface area contributed by atoms with E-state index in [-0.39, 0.29) is 0 Å². The Hall–Kier alpha value is -1.67.